The summed E-state index contributed by atoms with van der Waals surface area (Å²) >= 11 is 0. The van der Waals surface area contributed by atoms with E-state index < -0.39 is 5.97 Å². The monoisotopic (exact) mass is 352 g/mol. The fourth-order valence-corrected chi connectivity index (χ4v) is 3.16. The third kappa shape index (κ3) is 6.01. The predicted molar refractivity (Wildman–Crippen MR) is 91.0 cm³/mol. The van der Waals surface area contributed by atoms with Gasteiger partial charge in [-0.3, -0.25) is 14.5 Å². The summed E-state index contributed by atoms with van der Waals surface area (Å²) in [4.78, 5) is 26.3. The Morgan fingerprint density at radius 1 is 1.32 bits per heavy atom. The molecule has 0 aromatic heterocycles. The topological polar surface area (TPSA) is 70.1 Å². The van der Waals surface area contributed by atoms with E-state index in [2.05, 4.69) is 4.90 Å². The molecule has 1 atom stereocenters. The van der Waals surface area contributed by atoms with Gasteiger partial charge in [-0.05, 0) is 37.9 Å². The second-order valence-electron chi connectivity index (χ2n) is 6.25. The van der Waals surface area contributed by atoms with Crippen LogP contribution in [0.5, 0.6) is 5.75 Å². The molecule has 1 N–H and O–H groups in total. The number of carboxylic acid groups (broad SMARTS) is 1. The highest BCUT2D eigenvalue weighted by Gasteiger charge is 2.26. The Bertz CT molecular complexity index is 596. The van der Waals surface area contributed by atoms with Crippen molar-refractivity contribution in [2.45, 2.75) is 32.2 Å². The van der Waals surface area contributed by atoms with Gasteiger partial charge in [0, 0.05) is 26.1 Å². The van der Waals surface area contributed by atoms with E-state index in [9.17, 15) is 14.0 Å². The number of hydrogen-bond acceptors (Lipinski definition) is 4. The number of aliphatic carboxylic acids is 1. The Balaban J connectivity index is 1.81. The number of carbonyl (C=O) groups excluding carboxylic acids is 1. The van der Waals surface area contributed by atoms with Crippen molar-refractivity contribution in [3.05, 3.63) is 30.1 Å². The van der Waals surface area contributed by atoms with Gasteiger partial charge in [0.25, 0.3) is 0 Å². The van der Waals surface area contributed by atoms with Crippen molar-refractivity contribution in [1.29, 1.82) is 0 Å². The molecule has 138 valence electrons. The highest BCUT2D eigenvalue weighted by Crippen LogP contribution is 2.18. The minimum absolute atomic E-state index is 0.0499. The summed E-state index contributed by atoms with van der Waals surface area (Å²) in [5.41, 5.74) is 0. The minimum atomic E-state index is -0.991. The Morgan fingerprint density at radius 2 is 2.08 bits per heavy atom. The molecule has 0 bridgehead atoms. The standard InChI is InChI=1S/C18H25FN2O4/c1-14(22)21(13-18(23)24)15-5-4-9-20(10-8-15)11-12-25-17-7-3-2-6-16(17)19/h2-3,6-7,15H,4-5,8-13H2,1H3,(H,23,24)/t15-/m1/s1. The van der Waals surface area contributed by atoms with E-state index in [1.165, 1.54) is 17.9 Å². The molecule has 7 heteroatoms. The molecule has 1 aromatic carbocycles. The highest BCUT2D eigenvalue weighted by molar-refractivity contribution is 5.79. The molecular formula is C18H25FN2O4. The van der Waals surface area contributed by atoms with Gasteiger partial charge in [-0.15, -0.1) is 0 Å². The number of nitrogens with zero attached hydrogens (tertiary/aromatic N) is 2. The van der Waals surface area contributed by atoms with Gasteiger partial charge < -0.3 is 14.7 Å². The quantitative estimate of drug-likeness (QED) is 0.813. The van der Waals surface area contributed by atoms with Gasteiger partial charge in [0.1, 0.15) is 13.2 Å². The number of amides is 1. The lowest BCUT2D eigenvalue weighted by atomic mass is 10.1. The molecule has 0 aliphatic carbocycles. The second kappa shape index (κ2) is 9.36. The van der Waals surface area contributed by atoms with E-state index in [1.54, 1.807) is 18.2 Å². The van der Waals surface area contributed by atoms with Crippen molar-refractivity contribution >= 4 is 11.9 Å². The molecule has 0 unspecified atom stereocenters. The molecule has 1 aliphatic heterocycles. The zero-order valence-electron chi connectivity index (χ0n) is 14.5. The van der Waals surface area contributed by atoms with Crippen molar-refractivity contribution in [3.8, 4) is 5.75 Å². The molecule has 1 amide bonds. The van der Waals surface area contributed by atoms with Crippen LogP contribution in [0.15, 0.2) is 24.3 Å². The largest absolute Gasteiger partial charge is 0.489 e. The molecule has 1 aromatic rings. The average Bonchev–Trinajstić information content (AvgIpc) is 2.79. The number of carboxylic acids is 1. The molecule has 2 rings (SSSR count). The SMILES string of the molecule is CC(=O)N(CC(=O)O)[C@@H]1CCCN(CCOc2ccccc2F)CC1. The Hall–Kier alpha value is -2.15. The molecule has 1 heterocycles. The fourth-order valence-electron chi connectivity index (χ4n) is 3.16. The van der Waals surface area contributed by atoms with Crippen LogP contribution in [0.25, 0.3) is 0 Å². The first-order valence-electron chi connectivity index (χ1n) is 8.56. The van der Waals surface area contributed by atoms with Crippen molar-refractivity contribution in [3.63, 3.8) is 0 Å². The maximum absolute atomic E-state index is 13.5. The summed E-state index contributed by atoms with van der Waals surface area (Å²) in [7, 11) is 0. The first-order chi connectivity index (χ1) is 12.0. The lowest BCUT2D eigenvalue weighted by Gasteiger charge is -2.29. The summed E-state index contributed by atoms with van der Waals surface area (Å²) in [6.07, 6.45) is 2.40. The number of halogens is 1. The van der Waals surface area contributed by atoms with E-state index in [1.807, 2.05) is 0 Å². The van der Waals surface area contributed by atoms with Crippen LogP contribution in [-0.2, 0) is 9.59 Å². The van der Waals surface area contributed by atoms with E-state index in [-0.39, 0.29) is 30.1 Å². The normalized spacial score (nSPS) is 18.4. The van der Waals surface area contributed by atoms with Crippen LogP contribution in [0.2, 0.25) is 0 Å². The molecule has 6 nitrogen and oxygen atoms in total. The van der Waals surface area contributed by atoms with Gasteiger partial charge in [0.2, 0.25) is 5.91 Å². The molecule has 1 fully saturated rings. The average molecular weight is 352 g/mol. The summed E-state index contributed by atoms with van der Waals surface area (Å²) in [6, 6.07) is 6.27. The molecule has 0 spiro atoms. The van der Waals surface area contributed by atoms with Crippen LogP contribution in [-0.4, -0.2) is 65.6 Å². The Kier molecular flexibility index (Phi) is 7.18. The molecule has 0 radical (unpaired) electrons. The number of likely N-dealkylation sites (tertiary alicyclic amines) is 1. The van der Waals surface area contributed by atoms with Gasteiger partial charge in [0.15, 0.2) is 11.6 Å². The first kappa shape index (κ1) is 19.2. The smallest absolute Gasteiger partial charge is 0.323 e. The molecule has 25 heavy (non-hydrogen) atoms. The predicted octanol–water partition coefficient (Wildman–Crippen LogP) is 1.99. The summed E-state index contributed by atoms with van der Waals surface area (Å²) in [5, 5.41) is 8.98. The zero-order valence-corrected chi connectivity index (χ0v) is 14.5. The number of benzene rings is 1. The van der Waals surface area contributed by atoms with Crippen LogP contribution in [0.4, 0.5) is 4.39 Å². The van der Waals surface area contributed by atoms with Gasteiger partial charge in [-0.1, -0.05) is 12.1 Å². The highest BCUT2D eigenvalue weighted by atomic mass is 19.1. The van der Waals surface area contributed by atoms with Gasteiger partial charge in [-0.2, -0.15) is 0 Å². The molecular weight excluding hydrogens is 327 g/mol. The van der Waals surface area contributed by atoms with E-state index >= 15 is 0 Å². The van der Waals surface area contributed by atoms with Crippen LogP contribution >= 0.6 is 0 Å². The Labute approximate surface area is 147 Å². The van der Waals surface area contributed by atoms with Crippen LogP contribution in [0.3, 0.4) is 0 Å². The Morgan fingerprint density at radius 3 is 2.76 bits per heavy atom. The third-order valence-corrected chi connectivity index (χ3v) is 4.44. The second-order valence-corrected chi connectivity index (χ2v) is 6.25. The summed E-state index contributed by atoms with van der Waals surface area (Å²) in [5.74, 6) is -1.32. The number of rotatable bonds is 7. The van der Waals surface area contributed by atoms with Crippen LogP contribution < -0.4 is 4.74 Å². The summed E-state index contributed by atoms with van der Waals surface area (Å²) < 4.78 is 19.0. The zero-order chi connectivity index (χ0) is 18.2. The first-order valence-corrected chi connectivity index (χ1v) is 8.56. The molecule has 0 saturated carbocycles. The third-order valence-electron chi connectivity index (χ3n) is 4.44. The maximum Gasteiger partial charge on any atom is 0.323 e. The molecule has 1 aliphatic rings. The van der Waals surface area contributed by atoms with Crippen molar-refractivity contribution < 1.29 is 23.8 Å². The lowest BCUT2D eigenvalue weighted by molar-refractivity contribution is -0.145. The van der Waals surface area contributed by atoms with Gasteiger partial charge >= 0.3 is 5.97 Å². The van der Waals surface area contributed by atoms with Crippen LogP contribution in [0.1, 0.15) is 26.2 Å². The van der Waals surface area contributed by atoms with Crippen LogP contribution in [0, 0.1) is 5.82 Å². The van der Waals surface area contributed by atoms with Crippen molar-refractivity contribution in [2.24, 2.45) is 0 Å². The van der Waals surface area contributed by atoms with E-state index in [4.69, 9.17) is 9.84 Å². The number of carbonyl (C=O) groups is 2. The molecule has 1 saturated heterocycles. The van der Waals surface area contributed by atoms with Gasteiger partial charge in [0.05, 0.1) is 0 Å². The number of ether oxygens (including phenoxy) is 1. The maximum atomic E-state index is 13.5. The minimum Gasteiger partial charge on any atom is -0.489 e. The fraction of sp³-hybridized carbons (Fsp3) is 0.556. The summed E-state index contributed by atoms with van der Waals surface area (Å²) in [6.45, 7) is 3.83. The van der Waals surface area contributed by atoms with Gasteiger partial charge in [-0.25, -0.2) is 4.39 Å². The van der Waals surface area contributed by atoms with Crippen molar-refractivity contribution in [1.82, 2.24) is 9.80 Å². The number of hydrogen-bond donors (Lipinski definition) is 1. The van der Waals surface area contributed by atoms with Crippen molar-refractivity contribution in [2.75, 3.05) is 32.8 Å². The van der Waals surface area contributed by atoms with E-state index in [0.29, 0.717) is 13.2 Å². The number of para-hydroxylation sites is 1. The van der Waals surface area contributed by atoms with E-state index in [0.717, 1.165) is 32.4 Å². The lowest BCUT2D eigenvalue weighted by Crippen LogP contribution is -2.42.